The van der Waals surface area contributed by atoms with E-state index in [1.807, 2.05) is 38.1 Å². The van der Waals surface area contributed by atoms with E-state index in [-0.39, 0.29) is 11.1 Å². The molecule has 0 aromatic heterocycles. The minimum absolute atomic E-state index is 0.131. The Bertz CT molecular complexity index is 634. The predicted molar refractivity (Wildman–Crippen MR) is 97.9 cm³/mol. The predicted octanol–water partition coefficient (Wildman–Crippen LogP) is 3.77. The zero-order valence-electron chi connectivity index (χ0n) is 16.3. The summed E-state index contributed by atoms with van der Waals surface area (Å²) in [6.45, 7) is 15.1. The van der Waals surface area contributed by atoms with Crippen LogP contribution in [0.1, 0.15) is 40.2 Å². The number of hydrogen-bond acceptors (Lipinski definition) is 5. The Morgan fingerprint density at radius 3 is 2.28 bits per heavy atom. The molecule has 1 aromatic rings. The second kappa shape index (κ2) is 5.79. The van der Waals surface area contributed by atoms with Crippen molar-refractivity contribution in [1.82, 2.24) is 0 Å². The van der Waals surface area contributed by atoms with Crippen molar-refractivity contribution in [2.45, 2.75) is 76.5 Å². The molecule has 5 nitrogen and oxygen atoms in total. The maximum absolute atomic E-state index is 11.1. The first-order valence-electron chi connectivity index (χ1n) is 8.86. The molecule has 0 amide bonds. The number of fused-ring (bicyclic) bond motifs is 1. The van der Waals surface area contributed by atoms with Gasteiger partial charge in [-0.3, -0.25) is 0 Å². The average molecular weight is 367 g/mol. The maximum atomic E-state index is 11.1. The number of ether oxygens (including phenoxy) is 3. The molecule has 0 aliphatic carbocycles. The fraction of sp³-hybridized carbons (Fsp3) is 0.684. The SMILES string of the molecule is CC1(C)O[C@@H]2[C@@H](CO[C@]2(O)c2ccc(O[Si](C)(C)C(C)(C)C)cc2)O1. The number of rotatable bonds is 3. The van der Waals surface area contributed by atoms with Crippen LogP contribution < -0.4 is 4.43 Å². The van der Waals surface area contributed by atoms with Gasteiger partial charge in [0.25, 0.3) is 0 Å². The molecule has 140 valence electrons. The summed E-state index contributed by atoms with van der Waals surface area (Å²) >= 11 is 0. The first-order valence-corrected chi connectivity index (χ1v) is 11.8. The monoisotopic (exact) mass is 366 g/mol. The van der Waals surface area contributed by atoms with Crippen molar-refractivity contribution in [3.63, 3.8) is 0 Å². The molecule has 2 aliphatic heterocycles. The lowest BCUT2D eigenvalue weighted by Crippen LogP contribution is -2.44. The molecule has 0 unspecified atom stereocenters. The molecule has 2 saturated heterocycles. The van der Waals surface area contributed by atoms with Gasteiger partial charge in [-0.05, 0) is 56.2 Å². The molecule has 0 saturated carbocycles. The molecule has 1 aromatic carbocycles. The third-order valence-corrected chi connectivity index (χ3v) is 9.84. The minimum atomic E-state index is -1.89. The van der Waals surface area contributed by atoms with Crippen molar-refractivity contribution < 1.29 is 23.7 Å². The molecule has 0 radical (unpaired) electrons. The van der Waals surface area contributed by atoms with Crippen LogP contribution in [0.3, 0.4) is 0 Å². The second-order valence-electron chi connectivity index (χ2n) is 8.99. The zero-order valence-corrected chi connectivity index (χ0v) is 17.3. The highest BCUT2D eigenvalue weighted by Gasteiger charge is 2.59. The van der Waals surface area contributed by atoms with Gasteiger partial charge in [-0.1, -0.05) is 20.8 Å². The van der Waals surface area contributed by atoms with Crippen molar-refractivity contribution in [2.24, 2.45) is 0 Å². The fourth-order valence-corrected chi connectivity index (χ4v) is 4.07. The summed E-state index contributed by atoms with van der Waals surface area (Å²) in [6, 6.07) is 7.48. The van der Waals surface area contributed by atoms with E-state index in [1.54, 1.807) is 0 Å². The largest absolute Gasteiger partial charge is 0.544 e. The van der Waals surface area contributed by atoms with E-state index in [0.29, 0.717) is 12.2 Å². The van der Waals surface area contributed by atoms with Gasteiger partial charge in [-0.2, -0.15) is 0 Å². The van der Waals surface area contributed by atoms with E-state index in [9.17, 15) is 5.11 Å². The standard InChI is InChI=1S/C19H30O5Si/c1-17(2,3)25(6,7)24-14-10-8-13(9-11-14)19(20)16-15(12-21-19)22-18(4,5)23-16/h8-11,15-16,20H,12H2,1-7H3/t15-,16-,19-/m1/s1. The highest BCUT2D eigenvalue weighted by molar-refractivity contribution is 6.74. The van der Waals surface area contributed by atoms with Crippen LogP contribution in [0, 0.1) is 0 Å². The van der Waals surface area contributed by atoms with Gasteiger partial charge in [-0.25, -0.2) is 0 Å². The Morgan fingerprint density at radius 2 is 1.72 bits per heavy atom. The average Bonchev–Trinajstić information content (AvgIpc) is 2.93. The van der Waals surface area contributed by atoms with E-state index >= 15 is 0 Å². The Kier molecular flexibility index (Phi) is 4.37. The summed E-state index contributed by atoms with van der Waals surface area (Å²) in [4.78, 5) is 0. The molecule has 2 heterocycles. The van der Waals surface area contributed by atoms with E-state index in [2.05, 4.69) is 33.9 Å². The summed E-state index contributed by atoms with van der Waals surface area (Å²) in [5.41, 5.74) is 0.656. The van der Waals surface area contributed by atoms with Crippen molar-refractivity contribution in [3.05, 3.63) is 29.8 Å². The van der Waals surface area contributed by atoms with Crippen LogP contribution >= 0.6 is 0 Å². The van der Waals surface area contributed by atoms with Gasteiger partial charge < -0.3 is 23.7 Å². The van der Waals surface area contributed by atoms with Crippen LogP contribution in [-0.2, 0) is 20.0 Å². The van der Waals surface area contributed by atoms with Gasteiger partial charge in [0.15, 0.2) is 5.79 Å². The van der Waals surface area contributed by atoms with Gasteiger partial charge in [0.05, 0.1) is 6.61 Å². The molecule has 2 fully saturated rings. The Balaban J connectivity index is 1.79. The van der Waals surface area contributed by atoms with Crippen molar-refractivity contribution in [3.8, 4) is 5.75 Å². The molecular weight excluding hydrogens is 336 g/mol. The third-order valence-electron chi connectivity index (χ3n) is 5.48. The van der Waals surface area contributed by atoms with Crippen molar-refractivity contribution in [1.29, 1.82) is 0 Å². The Labute approximate surface area is 151 Å². The summed E-state index contributed by atoms with van der Waals surface area (Å²) < 4.78 is 23.6. The van der Waals surface area contributed by atoms with Crippen LogP contribution in [0.2, 0.25) is 18.1 Å². The Morgan fingerprint density at radius 1 is 1.12 bits per heavy atom. The molecule has 1 N–H and O–H groups in total. The van der Waals surface area contributed by atoms with Crippen LogP contribution in [0.5, 0.6) is 5.75 Å². The van der Waals surface area contributed by atoms with Gasteiger partial charge in [0, 0.05) is 5.56 Å². The minimum Gasteiger partial charge on any atom is -0.544 e. The second-order valence-corrected chi connectivity index (χ2v) is 13.7. The van der Waals surface area contributed by atoms with E-state index in [1.165, 1.54) is 0 Å². The molecule has 3 atom stereocenters. The third kappa shape index (κ3) is 3.38. The summed E-state index contributed by atoms with van der Waals surface area (Å²) in [7, 11) is -1.89. The normalized spacial score (nSPS) is 31.8. The lowest BCUT2D eigenvalue weighted by atomic mass is 9.99. The molecule has 0 spiro atoms. The maximum Gasteiger partial charge on any atom is 0.250 e. The fourth-order valence-electron chi connectivity index (χ4n) is 3.04. The highest BCUT2D eigenvalue weighted by atomic mass is 28.4. The van der Waals surface area contributed by atoms with Crippen LogP contribution in [-0.4, -0.2) is 38.0 Å². The zero-order chi connectivity index (χ0) is 18.7. The van der Waals surface area contributed by atoms with Gasteiger partial charge in [0.2, 0.25) is 14.1 Å². The first kappa shape index (κ1) is 18.9. The highest BCUT2D eigenvalue weighted by Crippen LogP contribution is 2.45. The van der Waals surface area contributed by atoms with Gasteiger partial charge in [-0.15, -0.1) is 0 Å². The number of aliphatic hydroxyl groups is 1. The topological polar surface area (TPSA) is 57.2 Å². The van der Waals surface area contributed by atoms with Crippen molar-refractivity contribution >= 4 is 8.32 Å². The van der Waals surface area contributed by atoms with E-state index in [0.717, 1.165) is 5.75 Å². The van der Waals surface area contributed by atoms with Crippen LogP contribution in [0.25, 0.3) is 0 Å². The first-order chi connectivity index (χ1) is 11.3. The number of benzene rings is 1. The van der Waals surface area contributed by atoms with Crippen molar-refractivity contribution in [2.75, 3.05) is 6.61 Å². The Hall–Kier alpha value is -0.923. The lowest BCUT2D eigenvalue weighted by molar-refractivity contribution is -0.266. The summed E-state index contributed by atoms with van der Waals surface area (Å²) in [5.74, 6) is -1.38. The van der Waals surface area contributed by atoms with E-state index in [4.69, 9.17) is 18.6 Å². The molecule has 25 heavy (non-hydrogen) atoms. The van der Waals surface area contributed by atoms with Gasteiger partial charge in [0.1, 0.15) is 18.0 Å². The molecule has 6 heteroatoms. The molecular formula is C19H30O5Si. The molecule has 3 rings (SSSR count). The smallest absolute Gasteiger partial charge is 0.250 e. The summed E-state index contributed by atoms with van der Waals surface area (Å²) in [6.07, 6.45) is -0.794. The summed E-state index contributed by atoms with van der Waals surface area (Å²) in [5, 5.41) is 11.2. The molecule has 2 aliphatic rings. The van der Waals surface area contributed by atoms with E-state index < -0.39 is 26.0 Å². The van der Waals surface area contributed by atoms with Crippen LogP contribution in [0.4, 0.5) is 0 Å². The molecule has 0 bridgehead atoms. The van der Waals surface area contributed by atoms with Crippen LogP contribution in [0.15, 0.2) is 24.3 Å². The number of hydrogen-bond donors (Lipinski definition) is 1. The van der Waals surface area contributed by atoms with Gasteiger partial charge >= 0.3 is 0 Å². The lowest BCUT2D eigenvalue weighted by Gasteiger charge is -2.36. The quantitative estimate of drug-likeness (QED) is 0.825.